The van der Waals surface area contributed by atoms with E-state index in [1.807, 2.05) is 6.07 Å². The Morgan fingerprint density at radius 1 is 1.64 bits per heavy atom. The summed E-state index contributed by atoms with van der Waals surface area (Å²) in [5.41, 5.74) is 0.179. The van der Waals surface area contributed by atoms with Crippen LogP contribution in [0, 0.1) is 17.1 Å². The summed E-state index contributed by atoms with van der Waals surface area (Å²) in [6.07, 6.45) is 0. The topological polar surface area (TPSA) is 52.9 Å². The highest BCUT2D eigenvalue weighted by atomic mass is 19.1. The van der Waals surface area contributed by atoms with Crippen LogP contribution in [0.1, 0.15) is 22.8 Å². The molecule has 0 spiro atoms. The van der Waals surface area contributed by atoms with Gasteiger partial charge in [0.1, 0.15) is 5.82 Å². The highest BCUT2D eigenvalue weighted by Gasteiger charge is 2.10. The molecule has 14 heavy (non-hydrogen) atoms. The van der Waals surface area contributed by atoms with Gasteiger partial charge in [0.05, 0.1) is 17.2 Å². The maximum Gasteiger partial charge on any atom is 0.254 e. The fourth-order valence-electron chi connectivity index (χ4n) is 1.02. The van der Waals surface area contributed by atoms with E-state index in [1.165, 1.54) is 12.1 Å². The molecule has 0 saturated carbocycles. The van der Waals surface area contributed by atoms with Gasteiger partial charge in [0.2, 0.25) is 0 Å². The van der Waals surface area contributed by atoms with Crippen LogP contribution >= 0.6 is 0 Å². The molecule has 0 fully saturated rings. The zero-order valence-corrected chi connectivity index (χ0v) is 7.67. The van der Waals surface area contributed by atoms with Crippen molar-refractivity contribution in [2.24, 2.45) is 0 Å². The zero-order valence-electron chi connectivity index (χ0n) is 7.67. The van der Waals surface area contributed by atoms with Crippen molar-refractivity contribution in [3.63, 3.8) is 0 Å². The van der Waals surface area contributed by atoms with E-state index in [0.717, 1.165) is 6.07 Å². The molecular formula is C10H9FN2O. The van der Waals surface area contributed by atoms with Crippen molar-refractivity contribution in [2.75, 3.05) is 6.54 Å². The molecule has 0 bridgehead atoms. The molecule has 1 rings (SSSR count). The number of rotatable bonds is 2. The Labute approximate surface area is 81.2 Å². The zero-order chi connectivity index (χ0) is 10.6. The second kappa shape index (κ2) is 4.38. The van der Waals surface area contributed by atoms with Gasteiger partial charge >= 0.3 is 0 Å². The SMILES string of the molecule is CCNC(=O)c1cc(C#N)ccc1F. The highest BCUT2D eigenvalue weighted by Crippen LogP contribution is 2.09. The maximum atomic E-state index is 13.1. The van der Waals surface area contributed by atoms with E-state index >= 15 is 0 Å². The number of nitrogens with zero attached hydrogens (tertiary/aromatic N) is 1. The Morgan fingerprint density at radius 3 is 2.93 bits per heavy atom. The predicted molar refractivity (Wildman–Crippen MR) is 49.1 cm³/mol. The lowest BCUT2D eigenvalue weighted by atomic mass is 10.1. The average Bonchev–Trinajstić information content (AvgIpc) is 2.19. The molecule has 0 aliphatic carbocycles. The summed E-state index contributed by atoms with van der Waals surface area (Å²) in [6.45, 7) is 2.17. The summed E-state index contributed by atoms with van der Waals surface area (Å²) in [5.74, 6) is -1.11. The minimum atomic E-state index is -0.616. The van der Waals surface area contributed by atoms with Crippen LogP contribution in [-0.2, 0) is 0 Å². The van der Waals surface area contributed by atoms with Crippen molar-refractivity contribution >= 4 is 5.91 Å². The minimum absolute atomic E-state index is 0.0918. The molecule has 0 unspecified atom stereocenters. The Kier molecular flexibility index (Phi) is 3.19. The molecule has 0 aromatic heterocycles. The molecule has 1 N–H and O–H groups in total. The summed E-state index contributed by atoms with van der Waals surface area (Å²) in [4.78, 5) is 11.3. The molecule has 0 heterocycles. The fourth-order valence-corrected chi connectivity index (χ4v) is 1.02. The van der Waals surface area contributed by atoms with Crippen molar-refractivity contribution in [2.45, 2.75) is 6.92 Å². The Hall–Kier alpha value is -1.89. The van der Waals surface area contributed by atoms with Gasteiger partial charge < -0.3 is 5.32 Å². The first-order valence-corrected chi connectivity index (χ1v) is 4.17. The van der Waals surface area contributed by atoms with Crippen LogP contribution in [0.3, 0.4) is 0 Å². The van der Waals surface area contributed by atoms with Crippen LogP contribution in [0.25, 0.3) is 0 Å². The summed E-state index contributed by atoms with van der Waals surface area (Å²) in [5, 5.41) is 11.0. The summed E-state index contributed by atoms with van der Waals surface area (Å²) >= 11 is 0. The third-order valence-corrected chi connectivity index (χ3v) is 1.68. The van der Waals surface area contributed by atoms with Crippen LogP contribution in [0.15, 0.2) is 18.2 Å². The van der Waals surface area contributed by atoms with E-state index in [9.17, 15) is 9.18 Å². The number of carbonyl (C=O) groups is 1. The van der Waals surface area contributed by atoms with Gasteiger partial charge in [-0.2, -0.15) is 5.26 Å². The van der Waals surface area contributed by atoms with Crippen LogP contribution in [-0.4, -0.2) is 12.5 Å². The Balaban J connectivity index is 3.07. The third kappa shape index (κ3) is 2.07. The molecule has 0 aliphatic heterocycles. The summed E-state index contributed by atoms with van der Waals surface area (Å²) in [6, 6.07) is 5.53. The largest absolute Gasteiger partial charge is 0.352 e. The predicted octanol–water partition coefficient (Wildman–Crippen LogP) is 1.45. The Morgan fingerprint density at radius 2 is 2.36 bits per heavy atom. The van der Waals surface area contributed by atoms with Crippen LogP contribution < -0.4 is 5.32 Å². The van der Waals surface area contributed by atoms with Crippen LogP contribution in [0.2, 0.25) is 0 Å². The summed E-state index contributed by atoms with van der Waals surface area (Å²) in [7, 11) is 0. The number of hydrogen-bond donors (Lipinski definition) is 1. The molecule has 1 amide bonds. The maximum absolute atomic E-state index is 13.1. The molecule has 3 nitrogen and oxygen atoms in total. The van der Waals surface area contributed by atoms with Gasteiger partial charge in [-0.25, -0.2) is 4.39 Å². The number of amides is 1. The number of nitriles is 1. The lowest BCUT2D eigenvalue weighted by Gasteiger charge is -2.03. The number of benzene rings is 1. The second-order valence-corrected chi connectivity index (χ2v) is 2.67. The van der Waals surface area contributed by atoms with Crippen molar-refractivity contribution in [1.29, 1.82) is 5.26 Å². The van der Waals surface area contributed by atoms with Crippen LogP contribution in [0.4, 0.5) is 4.39 Å². The van der Waals surface area contributed by atoms with Gasteiger partial charge in [-0.15, -0.1) is 0 Å². The quantitative estimate of drug-likeness (QED) is 0.770. The van der Waals surface area contributed by atoms with Gasteiger partial charge in [0, 0.05) is 6.54 Å². The molecule has 0 radical (unpaired) electrons. The van der Waals surface area contributed by atoms with E-state index in [2.05, 4.69) is 5.32 Å². The molecule has 0 aliphatic rings. The van der Waals surface area contributed by atoms with Crippen molar-refractivity contribution in [1.82, 2.24) is 5.32 Å². The van der Waals surface area contributed by atoms with Gasteiger partial charge in [-0.1, -0.05) is 0 Å². The highest BCUT2D eigenvalue weighted by molar-refractivity contribution is 5.94. The van der Waals surface area contributed by atoms with E-state index in [0.29, 0.717) is 6.54 Å². The van der Waals surface area contributed by atoms with Crippen molar-refractivity contribution < 1.29 is 9.18 Å². The number of carbonyl (C=O) groups excluding carboxylic acids is 1. The van der Waals surface area contributed by atoms with E-state index in [-0.39, 0.29) is 11.1 Å². The van der Waals surface area contributed by atoms with E-state index < -0.39 is 11.7 Å². The molecule has 4 heteroatoms. The third-order valence-electron chi connectivity index (χ3n) is 1.68. The standard InChI is InChI=1S/C10H9FN2O/c1-2-13-10(14)8-5-7(6-12)3-4-9(8)11/h3-5H,2H2,1H3,(H,13,14). The van der Waals surface area contributed by atoms with Gasteiger partial charge in [-0.05, 0) is 25.1 Å². The van der Waals surface area contributed by atoms with Crippen molar-refractivity contribution in [3.8, 4) is 6.07 Å². The summed E-state index contributed by atoms with van der Waals surface area (Å²) < 4.78 is 13.1. The molecular weight excluding hydrogens is 183 g/mol. The lowest BCUT2D eigenvalue weighted by molar-refractivity contribution is 0.0952. The Bertz CT molecular complexity index is 396. The number of nitrogens with one attached hydrogen (secondary N) is 1. The average molecular weight is 192 g/mol. The molecule has 0 atom stereocenters. The first-order valence-electron chi connectivity index (χ1n) is 4.17. The van der Waals surface area contributed by atoms with Gasteiger partial charge in [-0.3, -0.25) is 4.79 Å². The second-order valence-electron chi connectivity index (χ2n) is 2.67. The smallest absolute Gasteiger partial charge is 0.254 e. The molecule has 1 aromatic rings. The first kappa shape index (κ1) is 10.2. The van der Waals surface area contributed by atoms with Crippen LogP contribution in [0.5, 0.6) is 0 Å². The number of hydrogen-bond acceptors (Lipinski definition) is 2. The monoisotopic (exact) mass is 192 g/mol. The lowest BCUT2D eigenvalue weighted by Crippen LogP contribution is -2.23. The number of halogens is 1. The molecule has 72 valence electrons. The normalized spacial score (nSPS) is 9.21. The van der Waals surface area contributed by atoms with E-state index in [4.69, 9.17) is 5.26 Å². The molecule has 1 aromatic carbocycles. The van der Waals surface area contributed by atoms with Gasteiger partial charge in [0.25, 0.3) is 5.91 Å². The first-order chi connectivity index (χ1) is 6.69. The molecule has 0 saturated heterocycles. The van der Waals surface area contributed by atoms with E-state index in [1.54, 1.807) is 6.92 Å². The van der Waals surface area contributed by atoms with Crippen molar-refractivity contribution in [3.05, 3.63) is 35.1 Å². The minimum Gasteiger partial charge on any atom is -0.352 e. The fraction of sp³-hybridized carbons (Fsp3) is 0.200. The van der Waals surface area contributed by atoms with Gasteiger partial charge in [0.15, 0.2) is 0 Å².